The van der Waals surface area contributed by atoms with E-state index in [0.717, 1.165) is 68.6 Å². The molecule has 0 amide bonds. The standard InChI is InChI=1S/C22H30N4O2.C4H11NO/c1-16-24-14-19(15-25-16)18(13-21(27)28)7-4-2-3-5-9-20-11-10-17-8-6-12-23-22(17)26-20;1-4(2,5)3-6/h10-11,14-15,18H,2-9,12-13H2,1H3,(H,23,26)(H,27,28);6H,3,5H2,1-2H3/t18-;/m1./s1. The van der Waals surface area contributed by atoms with Crippen LogP contribution in [0.4, 0.5) is 5.82 Å². The molecule has 0 bridgehead atoms. The molecule has 188 valence electrons. The molecule has 0 saturated carbocycles. The van der Waals surface area contributed by atoms with E-state index in [0.29, 0.717) is 5.82 Å². The zero-order valence-corrected chi connectivity index (χ0v) is 20.9. The van der Waals surface area contributed by atoms with Crippen molar-refractivity contribution >= 4 is 11.8 Å². The number of rotatable bonds is 11. The van der Waals surface area contributed by atoms with E-state index < -0.39 is 11.5 Å². The number of hydrogen-bond acceptors (Lipinski definition) is 7. The van der Waals surface area contributed by atoms with E-state index in [1.165, 1.54) is 12.0 Å². The van der Waals surface area contributed by atoms with E-state index in [1.807, 2.05) is 6.92 Å². The highest BCUT2D eigenvalue weighted by Gasteiger charge is 2.16. The van der Waals surface area contributed by atoms with Crippen molar-refractivity contribution in [2.45, 2.75) is 90.0 Å². The average molecular weight is 472 g/mol. The molecule has 8 heteroatoms. The summed E-state index contributed by atoms with van der Waals surface area (Å²) in [6, 6.07) is 4.37. The molecule has 2 aromatic rings. The van der Waals surface area contributed by atoms with Gasteiger partial charge >= 0.3 is 5.97 Å². The highest BCUT2D eigenvalue weighted by molar-refractivity contribution is 5.68. The summed E-state index contributed by atoms with van der Waals surface area (Å²) in [6.07, 6.45) is 12.2. The van der Waals surface area contributed by atoms with Crippen LogP contribution in [0.2, 0.25) is 0 Å². The average Bonchev–Trinajstić information content (AvgIpc) is 2.80. The van der Waals surface area contributed by atoms with Gasteiger partial charge in [-0.2, -0.15) is 0 Å². The maximum absolute atomic E-state index is 11.2. The molecule has 8 nitrogen and oxygen atoms in total. The number of fused-ring (bicyclic) bond motifs is 1. The Morgan fingerprint density at radius 2 is 1.85 bits per heavy atom. The number of aromatic nitrogens is 3. The lowest BCUT2D eigenvalue weighted by atomic mass is 9.92. The van der Waals surface area contributed by atoms with Gasteiger partial charge in [-0.05, 0) is 76.0 Å². The van der Waals surface area contributed by atoms with Crippen LogP contribution in [0.15, 0.2) is 24.5 Å². The molecule has 0 spiro atoms. The third-order valence-corrected chi connectivity index (χ3v) is 5.79. The number of anilines is 1. The van der Waals surface area contributed by atoms with Gasteiger partial charge in [0.15, 0.2) is 0 Å². The summed E-state index contributed by atoms with van der Waals surface area (Å²) in [7, 11) is 0. The molecule has 0 unspecified atom stereocenters. The van der Waals surface area contributed by atoms with E-state index in [9.17, 15) is 9.90 Å². The summed E-state index contributed by atoms with van der Waals surface area (Å²) >= 11 is 0. The first-order valence-corrected chi connectivity index (χ1v) is 12.3. The van der Waals surface area contributed by atoms with Crippen LogP contribution in [-0.2, 0) is 17.6 Å². The van der Waals surface area contributed by atoms with Crippen molar-refractivity contribution in [3.05, 3.63) is 47.2 Å². The quantitative estimate of drug-likeness (QED) is 0.361. The first-order valence-electron chi connectivity index (χ1n) is 12.3. The second kappa shape index (κ2) is 14.0. The van der Waals surface area contributed by atoms with Crippen LogP contribution in [0.3, 0.4) is 0 Å². The van der Waals surface area contributed by atoms with Crippen molar-refractivity contribution in [2.24, 2.45) is 5.73 Å². The second-order valence-electron chi connectivity index (χ2n) is 9.80. The third kappa shape index (κ3) is 10.6. The molecule has 34 heavy (non-hydrogen) atoms. The van der Waals surface area contributed by atoms with E-state index >= 15 is 0 Å². The molecule has 0 radical (unpaired) electrons. The molecule has 3 heterocycles. The van der Waals surface area contributed by atoms with Crippen LogP contribution >= 0.6 is 0 Å². The Bertz CT molecular complexity index is 881. The molecule has 1 aliphatic heterocycles. The Morgan fingerprint density at radius 1 is 1.18 bits per heavy atom. The molecule has 0 aromatic carbocycles. The normalized spacial score (nSPS) is 13.8. The number of carboxylic acid groups (broad SMARTS) is 1. The number of nitrogens with two attached hydrogens (primary N) is 1. The summed E-state index contributed by atoms with van der Waals surface area (Å²) in [4.78, 5) is 24.4. The van der Waals surface area contributed by atoms with Gasteiger partial charge in [0.2, 0.25) is 0 Å². The lowest BCUT2D eigenvalue weighted by Crippen LogP contribution is -2.35. The van der Waals surface area contributed by atoms with Gasteiger partial charge in [0, 0.05) is 30.2 Å². The van der Waals surface area contributed by atoms with Crippen molar-refractivity contribution in [2.75, 3.05) is 18.5 Å². The Morgan fingerprint density at radius 3 is 2.50 bits per heavy atom. The van der Waals surface area contributed by atoms with Gasteiger partial charge in [-0.1, -0.05) is 25.3 Å². The number of carboxylic acids is 1. The molecule has 1 atom stereocenters. The number of nitrogens with one attached hydrogen (secondary N) is 1. The highest BCUT2D eigenvalue weighted by Crippen LogP contribution is 2.26. The van der Waals surface area contributed by atoms with Crippen LogP contribution in [0.25, 0.3) is 0 Å². The van der Waals surface area contributed by atoms with Gasteiger partial charge in [0.1, 0.15) is 11.6 Å². The fraction of sp³-hybridized carbons (Fsp3) is 0.615. The zero-order chi connectivity index (χ0) is 25.0. The number of aryl methyl sites for hydroxylation is 3. The van der Waals surface area contributed by atoms with Gasteiger partial charge < -0.3 is 21.3 Å². The molecule has 1 aliphatic rings. The maximum atomic E-state index is 11.2. The first kappa shape index (κ1) is 27.7. The van der Waals surface area contributed by atoms with Gasteiger partial charge in [-0.3, -0.25) is 4.79 Å². The Labute approximate surface area is 203 Å². The predicted molar refractivity (Wildman–Crippen MR) is 135 cm³/mol. The van der Waals surface area contributed by atoms with Crippen molar-refractivity contribution in [1.29, 1.82) is 0 Å². The number of aliphatic carboxylic acids is 1. The van der Waals surface area contributed by atoms with Crippen LogP contribution in [-0.4, -0.2) is 49.8 Å². The number of nitrogens with zero attached hydrogens (tertiary/aromatic N) is 3. The third-order valence-electron chi connectivity index (χ3n) is 5.79. The molecule has 0 fully saturated rings. The number of aliphatic hydroxyl groups excluding tert-OH is 1. The van der Waals surface area contributed by atoms with E-state index in [1.54, 1.807) is 26.2 Å². The van der Waals surface area contributed by atoms with E-state index in [-0.39, 0.29) is 18.9 Å². The molecule has 3 rings (SSSR count). The topological polar surface area (TPSA) is 134 Å². The maximum Gasteiger partial charge on any atom is 0.303 e. The van der Waals surface area contributed by atoms with Gasteiger partial charge in [-0.15, -0.1) is 0 Å². The molecular weight excluding hydrogens is 430 g/mol. The van der Waals surface area contributed by atoms with Crippen molar-refractivity contribution in [1.82, 2.24) is 15.0 Å². The lowest BCUT2D eigenvalue weighted by molar-refractivity contribution is -0.137. The number of aliphatic hydroxyl groups is 1. The smallest absolute Gasteiger partial charge is 0.303 e. The van der Waals surface area contributed by atoms with Crippen molar-refractivity contribution < 1.29 is 15.0 Å². The van der Waals surface area contributed by atoms with Crippen molar-refractivity contribution in [3.63, 3.8) is 0 Å². The summed E-state index contributed by atoms with van der Waals surface area (Å²) in [6.45, 7) is 6.45. The fourth-order valence-electron chi connectivity index (χ4n) is 3.77. The molecule has 0 aliphatic carbocycles. The fourth-order valence-corrected chi connectivity index (χ4v) is 3.77. The molecule has 5 N–H and O–H groups in total. The number of carbonyl (C=O) groups is 1. The van der Waals surface area contributed by atoms with E-state index in [4.69, 9.17) is 15.8 Å². The van der Waals surface area contributed by atoms with Gasteiger partial charge in [0.05, 0.1) is 13.0 Å². The second-order valence-corrected chi connectivity index (χ2v) is 9.80. The molecular formula is C26H41N5O3. The minimum Gasteiger partial charge on any atom is -0.481 e. The van der Waals surface area contributed by atoms with E-state index in [2.05, 4.69) is 27.4 Å². The number of hydrogen-bond donors (Lipinski definition) is 4. The number of pyridine rings is 1. The minimum absolute atomic E-state index is 0.00788. The Balaban J connectivity index is 0.000000604. The van der Waals surface area contributed by atoms with Crippen LogP contribution < -0.4 is 11.1 Å². The summed E-state index contributed by atoms with van der Waals surface area (Å²) in [5, 5.41) is 20.9. The minimum atomic E-state index is -0.766. The van der Waals surface area contributed by atoms with Crippen LogP contribution in [0, 0.1) is 6.92 Å². The highest BCUT2D eigenvalue weighted by atomic mass is 16.4. The zero-order valence-electron chi connectivity index (χ0n) is 20.9. The number of unbranched alkanes of at least 4 members (excludes halogenated alkanes) is 3. The summed E-state index contributed by atoms with van der Waals surface area (Å²) in [5.41, 5.74) is 8.31. The summed E-state index contributed by atoms with van der Waals surface area (Å²) < 4.78 is 0. The lowest BCUT2D eigenvalue weighted by Gasteiger charge is -2.17. The van der Waals surface area contributed by atoms with Crippen LogP contribution in [0.1, 0.15) is 87.4 Å². The SMILES string of the molecule is CC(C)(N)CO.Cc1ncc([C@H](CCCCCCc2ccc3c(n2)NCCC3)CC(=O)O)cn1. The summed E-state index contributed by atoms with van der Waals surface area (Å²) in [5.74, 6) is 1.01. The van der Waals surface area contributed by atoms with Crippen LogP contribution in [0.5, 0.6) is 0 Å². The largest absolute Gasteiger partial charge is 0.481 e. The Kier molecular flexibility index (Phi) is 11.4. The van der Waals surface area contributed by atoms with Gasteiger partial charge in [-0.25, -0.2) is 15.0 Å². The Hall–Kier alpha value is -2.58. The predicted octanol–water partition coefficient (Wildman–Crippen LogP) is 4.01. The van der Waals surface area contributed by atoms with Gasteiger partial charge in [0.25, 0.3) is 0 Å². The molecule has 0 saturated heterocycles. The first-order chi connectivity index (χ1) is 16.2. The molecule has 2 aromatic heterocycles. The monoisotopic (exact) mass is 471 g/mol. The van der Waals surface area contributed by atoms with Crippen molar-refractivity contribution in [3.8, 4) is 0 Å².